The van der Waals surface area contributed by atoms with Crippen LogP contribution in [0.2, 0.25) is 0 Å². The van der Waals surface area contributed by atoms with Crippen LogP contribution in [-0.4, -0.2) is 46.7 Å². The average molecular weight is 298 g/mol. The van der Waals surface area contributed by atoms with Gasteiger partial charge in [-0.25, -0.2) is 4.79 Å². The van der Waals surface area contributed by atoms with Gasteiger partial charge in [0.05, 0.1) is 0 Å². The van der Waals surface area contributed by atoms with Gasteiger partial charge in [0.15, 0.2) is 0 Å². The Balaban J connectivity index is 4.39. The molecule has 0 aromatic heterocycles. The summed E-state index contributed by atoms with van der Waals surface area (Å²) in [5.41, 5.74) is 0. The molecule has 20 heavy (non-hydrogen) atoms. The highest BCUT2D eigenvalue weighted by atomic mass is 19.4. The number of urea groups is 1. The Labute approximate surface area is 113 Å². The number of hydrogen-bond acceptors (Lipinski definition) is 3. The maximum atomic E-state index is 12.3. The van der Waals surface area contributed by atoms with Crippen molar-refractivity contribution in [3.63, 3.8) is 0 Å². The van der Waals surface area contributed by atoms with E-state index in [1.165, 1.54) is 13.8 Å². The van der Waals surface area contributed by atoms with Crippen LogP contribution in [0.15, 0.2) is 0 Å². The first-order valence-electron chi connectivity index (χ1n) is 5.92. The van der Waals surface area contributed by atoms with Crippen molar-refractivity contribution in [3.8, 4) is 0 Å². The Morgan fingerprint density at radius 3 is 2.15 bits per heavy atom. The average Bonchev–Trinajstić information content (AvgIpc) is 2.23. The van der Waals surface area contributed by atoms with Crippen molar-refractivity contribution < 1.29 is 32.7 Å². The number of halogens is 3. The number of nitrogens with one attached hydrogen (secondary N) is 1. The maximum Gasteiger partial charge on any atom is 0.406 e. The van der Waals surface area contributed by atoms with Crippen molar-refractivity contribution in [2.75, 3.05) is 6.54 Å². The molecule has 6 nitrogen and oxygen atoms in total. The van der Waals surface area contributed by atoms with Crippen molar-refractivity contribution in [2.24, 2.45) is 0 Å². The molecule has 0 heterocycles. The van der Waals surface area contributed by atoms with Crippen LogP contribution in [0.25, 0.3) is 0 Å². The Hall–Kier alpha value is -1.80. The number of hydrogen-bond donors (Lipinski definition) is 2. The van der Waals surface area contributed by atoms with E-state index in [2.05, 4.69) is 0 Å². The second kappa shape index (κ2) is 7.71. The van der Waals surface area contributed by atoms with Crippen molar-refractivity contribution in [1.29, 1.82) is 0 Å². The Morgan fingerprint density at radius 1 is 1.20 bits per heavy atom. The summed E-state index contributed by atoms with van der Waals surface area (Å²) in [6, 6.07) is -1.87. The van der Waals surface area contributed by atoms with Gasteiger partial charge in [0.25, 0.3) is 0 Å². The second-order valence-corrected chi connectivity index (χ2v) is 4.44. The molecule has 0 fully saturated rings. The lowest BCUT2D eigenvalue weighted by molar-refractivity contribution is -0.143. The summed E-state index contributed by atoms with van der Waals surface area (Å²) in [5.74, 6) is -1.89. The number of aliphatic carboxylic acids is 1. The zero-order valence-electron chi connectivity index (χ0n) is 11.2. The summed E-state index contributed by atoms with van der Waals surface area (Å²) in [5, 5.41) is 10.2. The van der Waals surface area contributed by atoms with E-state index >= 15 is 0 Å². The predicted molar refractivity (Wildman–Crippen MR) is 62.9 cm³/mol. The number of carbonyl (C=O) groups is 3. The second-order valence-electron chi connectivity index (χ2n) is 4.44. The third-order valence-corrected chi connectivity index (χ3v) is 2.27. The van der Waals surface area contributed by atoms with E-state index in [0.29, 0.717) is 4.90 Å². The minimum Gasteiger partial charge on any atom is -0.481 e. The summed E-state index contributed by atoms with van der Waals surface area (Å²) in [4.78, 5) is 33.5. The van der Waals surface area contributed by atoms with Gasteiger partial charge in [-0.3, -0.25) is 14.9 Å². The molecular formula is C11H17F3N2O4. The van der Waals surface area contributed by atoms with Crippen LogP contribution in [0.1, 0.15) is 33.1 Å². The zero-order chi connectivity index (χ0) is 15.9. The van der Waals surface area contributed by atoms with Crippen LogP contribution < -0.4 is 5.32 Å². The van der Waals surface area contributed by atoms with Gasteiger partial charge in [-0.2, -0.15) is 13.2 Å². The molecule has 0 spiro atoms. The smallest absolute Gasteiger partial charge is 0.406 e. The lowest BCUT2D eigenvalue weighted by Gasteiger charge is -2.27. The Bertz CT molecular complexity index is 369. The van der Waals surface area contributed by atoms with Crippen molar-refractivity contribution in [2.45, 2.75) is 45.3 Å². The quantitative estimate of drug-likeness (QED) is 0.782. The first-order chi connectivity index (χ1) is 9.03. The summed E-state index contributed by atoms with van der Waals surface area (Å²) in [6.07, 6.45) is -5.04. The lowest BCUT2D eigenvalue weighted by Crippen LogP contribution is -2.49. The van der Waals surface area contributed by atoms with Gasteiger partial charge in [0.2, 0.25) is 5.91 Å². The molecule has 9 heteroatoms. The van der Waals surface area contributed by atoms with E-state index < -0.39 is 36.7 Å². The van der Waals surface area contributed by atoms with Crippen molar-refractivity contribution >= 4 is 17.9 Å². The molecule has 0 saturated heterocycles. The zero-order valence-corrected chi connectivity index (χ0v) is 11.2. The number of carboxylic acid groups (broad SMARTS) is 1. The molecule has 0 rings (SSSR count). The molecule has 116 valence electrons. The van der Waals surface area contributed by atoms with Gasteiger partial charge in [-0.05, 0) is 20.3 Å². The normalized spacial score (nSPS) is 11.3. The molecule has 0 unspecified atom stereocenters. The minimum atomic E-state index is -4.56. The van der Waals surface area contributed by atoms with E-state index in [9.17, 15) is 27.6 Å². The Morgan fingerprint density at radius 2 is 1.75 bits per heavy atom. The standard InChI is InChI=1S/C11H17F3N2O4/c1-7(2)16(6-11(12,13)14)10(20)15-8(17)4-3-5-9(18)19/h7H,3-6H2,1-2H3,(H,18,19)(H,15,17,20). The van der Waals surface area contributed by atoms with E-state index in [1.54, 1.807) is 0 Å². The summed E-state index contributed by atoms with van der Waals surface area (Å²) in [7, 11) is 0. The molecule has 0 aliphatic carbocycles. The first kappa shape index (κ1) is 18.2. The van der Waals surface area contributed by atoms with Gasteiger partial charge in [0.1, 0.15) is 6.54 Å². The number of rotatable bonds is 6. The highest BCUT2D eigenvalue weighted by Crippen LogP contribution is 2.18. The number of alkyl halides is 3. The van der Waals surface area contributed by atoms with Gasteiger partial charge in [0, 0.05) is 18.9 Å². The lowest BCUT2D eigenvalue weighted by atomic mass is 10.2. The van der Waals surface area contributed by atoms with Gasteiger partial charge in [-0.15, -0.1) is 0 Å². The van der Waals surface area contributed by atoms with Crippen LogP contribution in [0.3, 0.4) is 0 Å². The van der Waals surface area contributed by atoms with Gasteiger partial charge < -0.3 is 10.0 Å². The van der Waals surface area contributed by atoms with Crippen molar-refractivity contribution in [3.05, 3.63) is 0 Å². The predicted octanol–water partition coefficient (Wildman–Crippen LogP) is 1.75. The van der Waals surface area contributed by atoms with Crippen molar-refractivity contribution in [1.82, 2.24) is 10.2 Å². The molecule has 0 bridgehead atoms. The minimum absolute atomic E-state index is 0.00932. The fraction of sp³-hybridized carbons (Fsp3) is 0.727. The first-order valence-corrected chi connectivity index (χ1v) is 5.92. The molecule has 3 amide bonds. The Kier molecular flexibility index (Phi) is 7.01. The highest BCUT2D eigenvalue weighted by molar-refractivity contribution is 5.94. The van der Waals surface area contributed by atoms with Crippen LogP contribution in [-0.2, 0) is 9.59 Å². The van der Waals surface area contributed by atoms with Crippen LogP contribution in [0, 0.1) is 0 Å². The van der Waals surface area contributed by atoms with Gasteiger partial charge >= 0.3 is 18.2 Å². The summed E-state index contributed by atoms with van der Waals surface area (Å²) < 4.78 is 36.9. The molecular weight excluding hydrogens is 281 g/mol. The third kappa shape index (κ3) is 8.33. The molecule has 0 saturated carbocycles. The van der Waals surface area contributed by atoms with Crippen LogP contribution >= 0.6 is 0 Å². The van der Waals surface area contributed by atoms with E-state index in [0.717, 1.165) is 0 Å². The maximum absolute atomic E-state index is 12.3. The molecule has 0 aromatic rings. The topological polar surface area (TPSA) is 86.7 Å². The van der Waals surface area contributed by atoms with Gasteiger partial charge in [-0.1, -0.05) is 0 Å². The number of carboxylic acids is 1. The molecule has 0 aromatic carbocycles. The molecule has 0 aliphatic rings. The summed E-state index contributed by atoms with van der Waals surface area (Å²) in [6.45, 7) is 1.32. The summed E-state index contributed by atoms with van der Waals surface area (Å²) >= 11 is 0. The third-order valence-electron chi connectivity index (χ3n) is 2.27. The van der Waals surface area contributed by atoms with Crippen LogP contribution in [0.5, 0.6) is 0 Å². The molecule has 0 radical (unpaired) electrons. The number of imide groups is 1. The number of carbonyl (C=O) groups excluding carboxylic acids is 2. The molecule has 2 N–H and O–H groups in total. The fourth-order valence-electron chi connectivity index (χ4n) is 1.34. The van der Waals surface area contributed by atoms with E-state index in [4.69, 9.17) is 5.11 Å². The highest BCUT2D eigenvalue weighted by Gasteiger charge is 2.34. The monoisotopic (exact) mass is 298 g/mol. The largest absolute Gasteiger partial charge is 0.481 e. The fourth-order valence-corrected chi connectivity index (χ4v) is 1.34. The SMILES string of the molecule is CC(C)N(CC(F)(F)F)C(=O)NC(=O)CCCC(=O)O. The van der Waals surface area contributed by atoms with E-state index in [1.807, 2.05) is 5.32 Å². The van der Waals surface area contributed by atoms with E-state index in [-0.39, 0.29) is 19.3 Å². The van der Waals surface area contributed by atoms with Crippen LogP contribution in [0.4, 0.5) is 18.0 Å². The number of amides is 3. The number of nitrogens with zero attached hydrogens (tertiary/aromatic N) is 1. The molecule has 0 atom stereocenters. The molecule has 0 aliphatic heterocycles.